The zero-order valence-corrected chi connectivity index (χ0v) is 11.8. The van der Waals surface area contributed by atoms with Crippen molar-refractivity contribution in [3.05, 3.63) is 59.9 Å². The van der Waals surface area contributed by atoms with E-state index in [1.165, 1.54) is 0 Å². The third-order valence-electron chi connectivity index (χ3n) is 3.20. The van der Waals surface area contributed by atoms with E-state index in [1.54, 1.807) is 12.4 Å². The lowest BCUT2D eigenvalue weighted by atomic mass is 10.1. The molecule has 2 rings (SSSR count). The molecule has 104 valence electrons. The summed E-state index contributed by atoms with van der Waals surface area (Å²) in [5, 5.41) is 5.81. The fourth-order valence-electron chi connectivity index (χ4n) is 2.04. The molecule has 0 saturated carbocycles. The van der Waals surface area contributed by atoms with Crippen LogP contribution >= 0.6 is 0 Å². The van der Waals surface area contributed by atoms with Crippen LogP contribution in [0.3, 0.4) is 0 Å². The molecule has 0 bridgehead atoms. The van der Waals surface area contributed by atoms with Gasteiger partial charge in [-0.05, 0) is 42.7 Å². The number of amides is 2. The Bertz CT molecular complexity index is 569. The summed E-state index contributed by atoms with van der Waals surface area (Å²) in [6.45, 7) is 4.01. The van der Waals surface area contributed by atoms with Crippen LogP contribution in [0.4, 0.5) is 10.5 Å². The van der Waals surface area contributed by atoms with Crippen molar-refractivity contribution in [1.82, 2.24) is 10.3 Å². The highest BCUT2D eigenvalue weighted by Gasteiger charge is 2.10. The van der Waals surface area contributed by atoms with Gasteiger partial charge in [-0.2, -0.15) is 0 Å². The molecule has 1 heterocycles. The Morgan fingerprint density at radius 1 is 1.20 bits per heavy atom. The Labute approximate surface area is 119 Å². The molecule has 1 aromatic heterocycles. The normalized spacial score (nSPS) is 11.7. The van der Waals surface area contributed by atoms with Gasteiger partial charge in [-0.25, -0.2) is 4.79 Å². The Morgan fingerprint density at radius 2 is 1.90 bits per heavy atom. The number of urea groups is 1. The number of anilines is 1. The molecular formula is C16H19N3O. The lowest BCUT2D eigenvalue weighted by Crippen LogP contribution is -2.31. The molecule has 20 heavy (non-hydrogen) atoms. The zero-order valence-electron chi connectivity index (χ0n) is 11.8. The van der Waals surface area contributed by atoms with Crippen molar-refractivity contribution in [3.8, 4) is 0 Å². The average Bonchev–Trinajstić information content (AvgIpc) is 2.48. The second-order valence-electron chi connectivity index (χ2n) is 4.61. The van der Waals surface area contributed by atoms with Gasteiger partial charge in [0.05, 0.1) is 6.04 Å². The average molecular weight is 269 g/mol. The SMILES string of the molecule is CCc1ccccc1NC(=O)N[C@H](C)c1ccncc1. The Morgan fingerprint density at radius 3 is 2.60 bits per heavy atom. The van der Waals surface area contributed by atoms with Gasteiger partial charge < -0.3 is 10.6 Å². The number of benzene rings is 1. The number of aromatic nitrogens is 1. The van der Waals surface area contributed by atoms with E-state index in [2.05, 4.69) is 22.5 Å². The first-order chi connectivity index (χ1) is 9.70. The number of rotatable bonds is 4. The lowest BCUT2D eigenvalue weighted by Gasteiger charge is -2.16. The van der Waals surface area contributed by atoms with Crippen LogP contribution in [-0.2, 0) is 6.42 Å². The van der Waals surface area contributed by atoms with Crippen LogP contribution in [0, 0.1) is 0 Å². The molecule has 0 saturated heterocycles. The summed E-state index contributed by atoms with van der Waals surface area (Å²) in [6.07, 6.45) is 4.33. The van der Waals surface area contributed by atoms with E-state index >= 15 is 0 Å². The number of hydrogen-bond donors (Lipinski definition) is 2. The van der Waals surface area contributed by atoms with Crippen LogP contribution in [0.25, 0.3) is 0 Å². The first kappa shape index (κ1) is 14.1. The molecule has 0 aliphatic rings. The van der Waals surface area contributed by atoms with E-state index in [9.17, 15) is 4.79 Å². The number of hydrogen-bond acceptors (Lipinski definition) is 2. The van der Waals surface area contributed by atoms with Crippen molar-refractivity contribution in [2.75, 3.05) is 5.32 Å². The fourth-order valence-corrected chi connectivity index (χ4v) is 2.04. The van der Waals surface area contributed by atoms with Crippen molar-refractivity contribution in [1.29, 1.82) is 0 Å². The highest BCUT2D eigenvalue weighted by atomic mass is 16.2. The quantitative estimate of drug-likeness (QED) is 0.892. The van der Waals surface area contributed by atoms with E-state index in [0.717, 1.165) is 23.2 Å². The Balaban J connectivity index is 1.99. The molecular weight excluding hydrogens is 250 g/mol. The minimum Gasteiger partial charge on any atom is -0.331 e. The summed E-state index contributed by atoms with van der Waals surface area (Å²) in [7, 11) is 0. The third-order valence-corrected chi connectivity index (χ3v) is 3.20. The van der Waals surface area contributed by atoms with E-state index in [1.807, 2.05) is 43.3 Å². The molecule has 1 aromatic carbocycles. The standard InChI is InChI=1S/C16H19N3O/c1-3-13-6-4-5-7-15(13)19-16(20)18-12(2)14-8-10-17-11-9-14/h4-12H,3H2,1-2H3,(H2,18,19,20)/t12-/m1/s1. The van der Waals surface area contributed by atoms with Crippen LogP contribution in [0.5, 0.6) is 0 Å². The number of carbonyl (C=O) groups excluding carboxylic acids is 1. The molecule has 0 fully saturated rings. The summed E-state index contributed by atoms with van der Waals surface area (Å²) in [5.41, 5.74) is 3.01. The Hall–Kier alpha value is -2.36. The van der Waals surface area contributed by atoms with Crippen LogP contribution < -0.4 is 10.6 Å². The van der Waals surface area contributed by atoms with Crippen molar-refractivity contribution >= 4 is 11.7 Å². The molecule has 1 atom stereocenters. The van der Waals surface area contributed by atoms with Gasteiger partial charge in [-0.15, -0.1) is 0 Å². The van der Waals surface area contributed by atoms with E-state index in [4.69, 9.17) is 0 Å². The van der Waals surface area contributed by atoms with Crippen molar-refractivity contribution in [3.63, 3.8) is 0 Å². The van der Waals surface area contributed by atoms with Gasteiger partial charge in [0.2, 0.25) is 0 Å². The fraction of sp³-hybridized carbons (Fsp3) is 0.250. The number of pyridine rings is 1. The van der Waals surface area contributed by atoms with Gasteiger partial charge in [0.15, 0.2) is 0 Å². The highest BCUT2D eigenvalue weighted by molar-refractivity contribution is 5.90. The summed E-state index contributed by atoms with van der Waals surface area (Å²) < 4.78 is 0. The third kappa shape index (κ3) is 3.57. The molecule has 0 spiro atoms. The van der Waals surface area contributed by atoms with E-state index in [0.29, 0.717) is 0 Å². The largest absolute Gasteiger partial charge is 0.331 e. The minimum absolute atomic E-state index is 0.0632. The summed E-state index contributed by atoms with van der Waals surface area (Å²) >= 11 is 0. The molecule has 0 aliphatic heterocycles. The van der Waals surface area contributed by atoms with Gasteiger partial charge in [0.1, 0.15) is 0 Å². The molecule has 4 nitrogen and oxygen atoms in total. The van der Waals surface area contributed by atoms with Crippen molar-refractivity contribution in [2.24, 2.45) is 0 Å². The maximum Gasteiger partial charge on any atom is 0.319 e. The predicted molar refractivity (Wildman–Crippen MR) is 80.6 cm³/mol. The summed E-state index contributed by atoms with van der Waals surface area (Å²) in [4.78, 5) is 16.0. The minimum atomic E-state index is -0.199. The maximum absolute atomic E-state index is 12.0. The van der Waals surface area contributed by atoms with Gasteiger partial charge in [0, 0.05) is 18.1 Å². The second kappa shape index (κ2) is 6.70. The van der Waals surface area contributed by atoms with Gasteiger partial charge in [0.25, 0.3) is 0 Å². The van der Waals surface area contributed by atoms with Crippen molar-refractivity contribution < 1.29 is 4.79 Å². The number of nitrogens with one attached hydrogen (secondary N) is 2. The molecule has 2 aromatic rings. The highest BCUT2D eigenvalue weighted by Crippen LogP contribution is 2.16. The summed E-state index contributed by atoms with van der Waals surface area (Å²) in [5.74, 6) is 0. The van der Waals surface area contributed by atoms with Crippen molar-refractivity contribution in [2.45, 2.75) is 26.3 Å². The number of para-hydroxylation sites is 1. The molecule has 0 aliphatic carbocycles. The van der Waals surface area contributed by atoms with Crippen LogP contribution in [-0.4, -0.2) is 11.0 Å². The van der Waals surface area contributed by atoms with E-state index in [-0.39, 0.29) is 12.1 Å². The topological polar surface area (TPSA) is 54.0 Å². The van der Waals surface area contributed by atoms with Gasteiger partial charge in [-0.1, -0.05) is 25.1 Å². The zero-order chi connectivity index (χ0) is 14.4. The maximum atomic E-state index is 12.0. The number of carbonyl (C=O) groups is 1. The number of aryl methyl sites for hydroxylation is 1. The predicted octanol–water partition coefficient (Wildman–Crippen LogP) is 3.53. The molecule has 0 unspecified atom stereocenters. The van der Waals surface area contributed by atoms with Crippen LogP contribution in [0.2, 0.25) is 0 Å². The first-order valence-corrected chi connectivity index (χ1v) is 6.76. The molecule has 2 N–H and O–H groups in total. The smallest absolute Gasteiger partial charge is 0.319 e. The van der Waals surface area contributed by atoms with Gasteiger partial charge in [-0.3, -0.25) is 4.98 Å². The molecule has 2 amide bonds. The molecule has 4 heteroatoms. The monoisotopic (exact) mass is 269 g/mol. The first-order valence-electron chi connectivity index (χ1n) is 6.76. The second-order valence-corrected chi connectivity index (χ2v) is 4.61. The lowest BCUT2D eigenvalue weighted by molar-refractivity contribution is 0.249. The summed E-state index contributed by atoms with van der Waals surface area (Å²) in [6, 6.07) is 11.3. The van der Waals surface area contributed by atoms with Crippen LogP contribution in [0.1, 0.15) is 31.0 Å². The molecule has 0 radical (unpaired) electrons. The number of nitrogens with zero attached hydrogens (tertiary/aromatic N) is 1. The van der Waals surface area contributed by atoms with E-state index < -0.39 is 0 Å². The van der Waals surface area contributed by atoms with Gasteiger partial charge >= 0.3 is 6.03 Å². The Kier molecular flexibility index (Phi) is 4.71. The van der Waals surface area contributed by atoms with Crippen LogP contribution in [0.15, 0.2) is 48.8 Å².